The van der Waals surface area contributed by atoms with Crippen molar-refractivity contribution in [1.29, 1.82) is 0 Å². The van der Waals surface area contributed by atoms with Crippen LogP contribution in [0.3, 0.4) is 0 Å². The van der Waals surface area contributed by atoms with Crippen molar-refractivity contribution in [2.24, 2.45) is 7.05 Å². The number of H-pyrrole nitrogens is 1. The highest BCUT2D eigenvalue weighted by Gasteiger charge is 2.27. The van der Waals surface area contributed by atoms with Gasteiger partial charge in [0.15, 0.2) is 0 Å². The van der Waals surface area contributed by atoms with Crippen LogP contribution < -0.4 is 10.6 Å². The van der Waals surface area contributed by atoms with Crippen molar-refractivity contribution in [3.05, 3.63) is 66.1 Å². The Morgan fingerprint density at radius 3 is 2.82 bits per heavy atom. The van der Waals surface area contributed by atoms with Crippen molar-refractivity contribution in [2.75, 3.05) is 5.32 Å². The number of aryl methyl sites for hydroxylation is 2. The summed E-state index contributed by atoms with van der Waals surface area (Å²) < 4.78 is 7.18. The van der Waals surface area contributed by atoms with E-state index in [0.717, 1.165) is 27.8 Å². The van der Waals surface area contributed by atoms with Gasteiger partial charge in [-0.05, 0) is 44.0 Å². The first kappa shape index (κ1) is 21.3. The Bertz CT molecular complexity index is 1500. The molecular formula is C23H23N9O2. The predicted octanol–water partition coefficient (Wildman–Crippen LogP) is 3.46. The highest BCUT2D eigenvalue weighted by Crippen LogP contribution is 2.26. The molecule has 1 amide bonds. The van der Waals surface area contributed by atoms with Crippen LogP contribution in [0, 0.1) is 6.92 Å². The third kappa shape index (κ3) is 3.98. The number of anilines is 2. The lowest BCUT2D eigenvalue weighted by atomic mass is 9.93. The molecule has 4 aromatic heterocycles. The highest BCUT2D eigenvalue weighted by molar-refractivity contribution is 5.91. The minimum atomic E-state index is -0.664. The topological polar surface area (TPSA) is 139 Å². The Kier molecular flexibility index (Phi) is 5.08. The van der Waals surface area contributed by atoms with Gasteiger partial charge in [0.2, 0.25) is 5.95 Å². The van der Waals surface area contributed by atoms with Gasteiger partial charge < -0.3 is 15.1 Å². The number of hydrogen-bond acceptors (Lipinski definition) is 8. The first-order valence-corrected chi connectivity index (χ1v) is 10.6. The van der Waals surface area contributed by atoms with E-state index in [1.807, 2.05) is 52.1 Å². The van der Waals surface area contributed by atoms with Crippen LogP contribution >= 0.6 is 0 Å². The molecule has 0 unspecified atom stereocenters. The maximum atomic E-state index is 13.0. The number of oxazole rings is 1. The maximum Gasteiger partial charge on any atom is 0.307 e. The van der Waals surface area contributed by atoms with Crippen LogP contribution in [0.15, 0.2) is 53.5 Å². The zero-order chi connectivity index (χ0) is 23.9. The number of aromatic nitrogens is 7. The minimum absolute atomic E-state index is 0.0494. The van der Waals surface area contributed by atoms with Crippen molar-refractivity contribution in [3.8, 4) is 11.4 Å². The summed E-state index contributed by atoms with van der Waals surface area (Å²) in [7, 11) is 1.81. The molecule has 1 aromatic carbocycles. The average molecular weight is 457 g/mol. The van der Waals surface area contributed by atoms with Crippen molar-refractivity contribution in [1.82, 2.24) is 40.2 Å². The number of nitrogens with zero attached hydrogens (tertiary/aromatic N) is 6. The average Bonchev–Trinajstić information content (AvgIpc) is 3.55. The Morgan fingerprint density at radius 2 is 2.03 bits per heavy atom. The number of carbonyl (C=O) groups excluding carboxylic acids is 1. The standard InChI is InChI=1S/C23H23N9O2/c1-13-10-24-22(28-18-7-8-26-32(18)4)29-19(13)17-12-34-21(27-17)20(33)30-23(2,3)15-5-6-16-14(9-15)11-25-31-16/h5-12H,1-4H3,(H,25,31)(H,30,33)(H,24,28,29). The van der Waals surface area contributed by atoms with Gasteiger partial charge in [-0.25, -0.2) is 15.0 Å². The fourth-order valence-corrected chi connectivity index (χ4v) is 3.60. The van der Waals surface area contributed by atoms with Gasteiger partial charge in [-0.1, -0.05) is 6.07 Å². The van der Waals surface area contributed by atoms with E-state index in [-0.39, 0.29) is 5.89 Å². The van der Waals surface area contributed by atoms with Gasteiger partial charge in [-0.3, -0.25) is 14.6 Å². The molecule has 0 aliphatic heterocycles. The molecule has 0 aliphatic carbocycles. The number of carbonyl (C=O) groups is 1. The first-order chi connectivity index (χ1) is 16.3. The number of fused-ring (bicyclic) bond motifs is 1. The number of amides is 1. The second-order valence-corrected chi connectivity index (χ2v) is 8.48. The van der Waals surface area contributed by atoms with E-state index in [2.05, 4.69) is 40.9 Å². The molecule has 11 heteroatoms. The zero-order valence-corrected chi connectivity index (χ0v) is 19.1. The molecule has 5 aromatic rings. The largest absolute Gasteiger partial charge is 0.440 e. The minimum Gasteiger partial charge on any atom is -0.440 e. The summed E-state index contributed by atoms with van der Waals surface area (Å²) in [5.41, 5.74) is 2.99. The molecule has 0 bridgehead atoms. The summed E-state index contributed by atoms with van der Waals surface area (Å²) in [6.07, 6.45) is 6.53. The molecule has 0 fully saturated rings. The van der Waals surface area contributed by atoms with Crippen LogP contribution in [0.4, 0.5) is 11.8 Å². The molecule has 0 saturated heterocycles. The molecule has 5 rings (SSSR count). The number of nitrogens with one attached hydrogen (secondary N) is 3. The summed E-state index contributed by atoms with van der Waals surface area (Å²) in [5, 5.41) is 18.2. The lowest BCUT2D eigenvalue weighted by Crippen LogP contribution is -2.41. The number of benzene rings is 1. The molecule has 0 aliphatic rings. The number of aromatic amines is 1. The van der Waals surface area contributed by atoms with Crippen LogP contribution in [0.1, 0.15) is 35.7 Å². The van der Waals surface area contributed by atoms with Gasteiger partial charge in [-0.2, -0.15) is 10.2 Å². The van der Waals surface area contributed by atoms with Crippen LogP contribution in [-0.4, -0.2) is 40.8 Å². The van der Waals surface area contributed by atoms with E-state index in [0.29, 0.717) is 17.3 Å². The number of rotatable bonds is 6. The van der Waals surface area contributed by atoms with Crippen LogP contribution in [0.25, 0.3) is 22.3 Å². The van der Waals surface area contributed by atoms with E-state index >= 15 is 0 Å². The Labute approximate surface area is 194 Å². The summed E-state index contributed by atoms with van der Waals surface area (Å²) in [6.45, 7) is 5.70. The maximum absolute atomic E-state index is 13.0. The summed E-state index contributed by atoms with van der Waals surface area (Å²) >= 11 is 0. The highest BCUT2D eigenvalue weighted by atomic mass is 16.4. The summed E-state index contributed by atoms with van der Waals surface area (Å²) in [5.74, 6) is 0.648. The lowest BCUT2D eigenvalue weighted by Gasteiger charge is -2.26. The SMILES string of the molecule is Cc1cnc(Nc2ccnn2C)nc1-c1coc(C(=O)NC(C)(C)c2ccc3[nH]ncc3c2)n1. The molecule has 11 nitrogen and oxygen atoms in total. The molecule has 0 radical (unpaired) electrons. The van der Waals surface area contributed by atoms with Gasteiger partial charge >= 0.3 is 5.91 Å². The lowest BCUT2D eigenvalue weighted by molar-refractivity contribution is 0.0876. The normalized spacial score (nSPS) is 11.6. The quantitative estimate of drug-likeness (QED) is 0.352. The smallest absolute Gasteiger partial charge is 0.307 e. The molecule has 172 valence electrons. The third-order valence-corrected chi connectivity index (χ3v) is 5.56. The van der Waals surface area contributed by atoms with Gasteiger partial charge in [0.25, 0.3) is 5.89 Å². The summed E-state index contributed by atoms with van der Waals surface area (Å²) in [4.78, 5) is 26.2. The monoisotopic (exact) mass is 457 g/mol. The van der Waals surface area contributed by atoms with Crippen molar-refractivity contribution in [3.63, 3.8) is 0 Å². The van der Waals surface area contributed by atoms with Crippen molar-refractivity contribution >= 4 is 28.6 Å². The third-order valence-electron chi connectivity index (χ3n) is 5.56. The van der Waals surface area contributed by atoms with Gasteiger partial charge in [0.1, 0.15) is 23.5 Å². The van der Waals surface area contributed by atoms with Gasteiger partial charge in [0, 0.05) is 24.7 Å². The fourth-order valence-electron chi connectivity index (χ4n) is 3.60. The van der Waals surface area contributed by atoms with E-state index in [1.54, 1.807) is 23.3 Å². The molecule has 3 N–H and O–H groups in total. The van der Waals surface area contributed by atoms with E-state index < -0.39 is 11.4 Å². The van der Waals surface area contributed by atoms with Gasteiger partial charge in [-0.15, -0.1) is 0 Å². The Balaban J connectivity index is 1.36. The van der Waals surface area contributed by atoms with E-state index in [1.165, 1.54) is 6.26 Å². The molecule has 4 heterocycles. The van der Waals surface area contributed by atoms with E-state index in [9.17, 15) is 4.79 Å². The fraction of sp³-hybridized carbons (Fsp3) is 0.217. The Hall–Kier alpha value is -4.54. The van der Waals surface area contributed by atoms with Crippen LogP contribution in [0.5, 0.6) is 0 Å². The van der Waals surface area contributed by atoms with Crippen molar-refractivity contribution in [2.45, 2.75) is 26.3 Å². The van der Waals surface area contributed by atoms with Crippen LogP contribution in [-0.2, 0) is 12.6 Å². The Morgan fingerprint density at radius 1 is 1.18 bits per heavy atom. The molecule has 34 heavy (non-hydrogen) atoms. The zero-order valence-electron chi connectivity index (χ0n) is 19.1. The predicted molar refractivity (Wildman–Crippen MR) is 125 cm³/mol. The van der Waals surface area contributed by atoms with Gasteiger partial charge in [0.05, 0.1) is 23.4 Å². The number of hydrogen-bond donors (Lipinski definition) is 3. The molecule has 0 atom stereocenters. The molecule has 0 saturated carbocycles. The molecule has 0 spiro atoms. The van der Waals surface area contributed by atoms with Crippen molar-refractivity contribution < 1.29 is 9.21 Å². The summed E-state index contributed by atoms with van der Waals surface area (Å²) in [6, 6.07) is 7.68. The second-order valence-electron chi connectivity index (χ2n) is 8.48. The first-order valence-electron chi connectivity index (χ1n) is 10.6. The second kappa shape index (κ2) is 8.10. The molecular weight excluding hydrogens is 434 g/mol. The van der Waals surface area contributed by atoms with E-state index in [4.69, 9.17) is 4.42 Å². The van der Waals surface area contributed by atoms with Crippen LogP contribution in [0.2, 0.25) is 0 Å².